The Morgan fingerprint density at radius 3 is 2.78 bits per heavy atom. The van der Waals surface area contributed by atoms with Crippen molar-refractivity contribution in [3.8, 4) is 0 Å². The van der Waals surface area contributed by atoms with Crippen LogP contribution in [-0.4, -0.2) is 85.3 Å². The third-order valence-corrected chi connectivity index (χ3v) is 6.43. The van der Waals surface area contributed by atoms with Gasteiger partial charge in [-0.3, -0.25) is 9.89 Å². The van der Waals surface area contributed by atoms with E-state index in [0.717, 1.165) is 45.4 Å². The van der Waals surface area contributed by atoms with Gasteiger partial charge in [0.1, 0.15) is 0 Å². The maximum Gasteiger partial charge on any atom is 0.193 e. The first kappa shape index (κ1) is 18.9. The number of hydrogen-bond donors (Lipinski definition) is 1. The molecule has 3 atom stereocenters. The number of aliphatic imine (C=N–C) groups is 1. The molecule has 0 aromatic rings. The van der Waals surface area contributed by atoms with E-state index in [1.54, 1.807) is 0 Å². The van der Waals surface area contributed by atoms with E-state index in [2.05, 4.69) is 59.6 Å². The van der Waals surface area contributed by atoms with Gasteiger partial charge in [-0.1, -0.05) is 13.8 Å². The van der Waals surface area contributed by atoms with Crippen LogP contribution < -0.4 is 5.32 Å². The van der Waals surface area contributed by atoms with Gasteiger partial charge in [0.2, 0.25) is 0 Å². The van der Waals surface area contributed by atoms with Crippen LogP contribution in [0, 0.1) is 5.92 Å². The fourth-order valence-electron chi connectivity index (χ4n) is 3.35. The van der Waals surface area contributed by atoms with Crippen LogP contribution in [0.5, 0.6) is 0 Å². The molecule has 5 nitrogen and oxygen atoms in total. The normalized spacial score (nSPS) is 29.0. The van der Waals surface area contributed by atoms with Crippen LogP contribution in [0.2, 0.25) is 0 Å². The van der Waals surface area contributed by atoms with Gasteiger partial charge in [-0.05, 0) is 19.8 Å². The van der Waals surface area contributed by atoms with Gasteiger partial charge in [0.05, 0.1) is 13.2 Å². The molecule has 0 saturated carbocycles. The van der Waals surface area contributed by atoms with E-state index < -0.39 is 0 Å². The highest BCUT2D eigenvalue weighted by atomic mass is 32.2. The zero-order valence-electron chi connectivity index (χ0n) is 15.4. The first-order chi connectivity index (χ1) is 11.0. The van der Waals surface area contributed by atoms with Crippen molar-refractivity contribution in [2.45, 2.75) is 45.0 Å². The van der Waals surface area contributed by atoms with Crippen molar-refractivity contribution in [1.82, 2.24) is 15.1 Å². The Bertz CT molecular complexity index is 391. The fraction of sp³-hybridized carbons (Fsp3) is 0.941. The van der Waals surface area contributed by atoms with Gasteiger partial charge in [0.25, 0.3) is 0 Å². The molecule has 0 amide bonds. The Kier molecular flexibility index (Phi) is 7.50. The number of thioether (sulfide) groups is 1. The highest BCUT2D eigenvalue weighted by molar-refractivity contribution is 8.00. The smallest absolute Gasteiger partial charge is 0.193 e. The number of guanidine groups is 1. The lowest BCUT2D eigenvalue weighted by Crippen LogP contribution is -2.54. The van der Waals surface area contributed by atoms with Crippen LogP contribution in [0.4, 0.5) is 0 Å². The van der Waals surface area contributed by atoms with Crippen molar-refractivity contribution in [2.75, 3.05) is 52.2 Å². The summed E-state index contributed by atoms with van der Waals surface area (Å²) >= 11 is 2.10. The first-order valence-corrected chi connectivity index (χ1v) is 9.98. The molecular weight excluding hydrogens is 308 g/mol. The van der Waals surface area contributed by atoms with Crippen LogP contribution in [0.15, 0.2) is 4.99 Å². The van der Waals surface area contributed by atoms with Crippen LogP contribution in [-0.2, 0) is 4.74 Å². The molecule has 23 heavy (non-hydrogen) atoms. The summed E-state index contributed by atoms with van der Waals surface area (Å²) in [7, 11) is 1.90. The molecule has 3 unspecified atom stereocenters. The molecule has 0 aromatic heterocycles. The molecule has 6 heteroatoms. The van der Waals surface area contributed by atoms with E-state index in [1.807, 2.05) is 7.05 Å². The van der Waals surface area contributed by atoms with Gasteiger partial charge in [-0.25, -0.2) is 0 Å². The Morgan fingerprint density at radius 1 is 1.35 bits per heavy atom. The fourth-order valence-corrected chi connectivity index (χ4v) is 4.65. The SMILES string of the molecule is CN=C(NCC(C)N1CCOCC1C)N1CCSC(C(C)C)C1. The molecule has 2 heterocycles. The van der Waals surface area contributed by atoms with Crippen LogP contribution in [0.25, 0.3) is 0 Å². The highest BCUT2D eigenvalue weighted by Crippen LogP contribution is 2.24. The van der Waals surface area contributed by atoms with E-state index in [1.165, 1.54) is 5.75 Å². The molecule has 2 aliphatic rings. The maximum absolute atomic E-state index is 5.54. The molecule has 0 bridgehead atoms. The lowest BCUT2D eigenvalue weighted by Gasteiger charge is -2.39. The summed E-state index contributed by atoms with van der Waals surface area (Å²) in [5.41, 5.74) is 0. The number of ether oxygens (including phenoxy) is 1. The topological polar surface area (TPSA) is 40.1 Å². The average molecular weight is 343 g/mol. The van der Waals surface area contributed by atoms with Crippen LogP contribution in [0.1, 0.15) is 27.7 Å². The lowest BCUT2D eigenvalue weighted by molar-refractivity contribution is -0.0175. The molecule has 1 N–H and O–H groups in total. The van der Waals surface area contributed by atoms with E-state index in [9.17, 15) is 0 Å². The quantitative estimate of drug-likeness (QED) is 0.622. The van der Waals surface area contributed by atoms with Gasteiger partial charge in [0, 0.05) is 56.3 Å². The van der Waals surface area contributed by atoms with E-state index in [0.29, 0.717) is 23.3 Å². The van der Waals surface area contributed by atoms with Crippen molar-refractivity contribution in [3.63, 3.8) is 0 Å². The van der Waals surface area contributed by atoms with Gasteiger partial charge < -0.3 is 15.0 Å². The third-order valence-electron chi connectivity index (χ3n) is 4.89. The Hall–Kier alpha value is -0.460. The highest BCUT2D eigenvalue weighted by Gasteiger charge is 2.27. The van der Waals surface area contributed by atoms with Gasteiger partial charge >= 0.3 is 0 Å². The van der Waals surface area contributed by atoms with Crippen molar-refractivity contribution in [2.24, 2.45) is 10.9 Å². The summed E-state index contributed by atoms with van der Waals surface area (Å²) in [5, 5.41) is 4.31. The molecule has 2 rings (SSSR count). The van der Waals surface area contributed by atoms with Gasteiger partial charge in [-0.15, -0.1) is 0 Å². The van der Waals surface area contributed by atoms with Gasteiger partial charge in [-0.2, -0.15) is 11.8 Å². The Morgan fingerprint density at radius 2 is 2.13 bits per heavy atom. The molecule has 0 aliphatic carbocycles. The third kappa shape index (κ3) is 5.26. The summed E-state index contributed by atoms with van der Waals surface area (Å²) < 4.78 is 5.54. The van der Waals surface area contributed by atoms with Crippen molar-refractivity contribution >= 4 is 17.7 Å². The Balaban J connectivity index is 1.84. The van der Waals surface area contributed by atoms with E-state index in [-0.39, 0.29) is 0 Å². The molecule has 134 valence electrons. The standard InChI is InChI=1S/C17H34N4OS/c1-13(2)16-11-20(7-9-23-16)17(18-5)19-10-14(3)21-6-8-22-12-15(21)4/h13-16H,6-12H2,1-5H3,(H,18,19). The van der Waals surface area contributed by atoms with E-state index in [4.69, 9.17) is 4.74 Å². The number of hydrogen-bond acceptors (Lipinski definition) is 4. The number of nitrogens with one attached hydrogen (secondary N) is 1. The second-order valence-corrected chi connectivity index (χ2v) is 8.39. The molecular formula is C17H34N4OS. The van der Waals surface area contributed by atoms with Crippen molar-refractivity contribution in [3.05, 3.63) is 0 Å². The average Bonchev–Trinajstić information content (AvgIpc) is 2.56. The second kappa shape index (κ2) is 9.14. The minimum absolute atomic E-state index is 0.491. The zero-order chi connectivity index (χ0) is 16.8. The monoisotopic (exact) mass is 342 g/mol. The second-order valence-electron chi connectivity index (χ2n) is 7.04. The van der Waals surface area contributed by atoms with Crippen molar-refractivity contribution in [1.29, 1.82) is 0 Å². The summed E-state index contributed by atoms with van der Waals surface area (Å²) in [5.74, 6) is 2.97. The molecule has 2 fully saturated rings. The first-order valence-electron chi connectivity index (χ1n) is 8.93. The summed E-state index contributed by atoms with van der Waals surface area (Å²) in [6.45, 7) is 15.0. The minimum Gasteiger partial charge on any atom is -0.379 e. The summed E-state index contributed by atoms with van der Waals surface area (Å²) in [6, 6.07) is 0.991. The zero-order valence-corrected chi connectivity index (χ0v) is 16.2. The van der Waals surface area contributed by atoms with E-state index >= 15 is 0 Å². The maximum atomic E-state index is 5.54. The van der Waals surface area contributed by atoms with Crippen molar-refractivity contribution < 1.29 is 4.74 Å². The molecule has 2 saturated heterocycles. The largest absolute Gasteiger partial charge is 0.379 e. The number of nitrogens with zero attached hydrogens (tertiary/aromatic N) is 3. The summed E-state index contributed by atoms with van der Waals surface area (Å²) in [4.78, 5) is 9.48. The number of morpholine rings is 1. The lowest BCUT2D eigenvalue weighted by atomic mass is 10.1. The number of rotatable bonds is 4. The molecule has 0 aromatic carbocycles. The van der Waals surface area contributed by atoms with Crippen LogP contribution >= 0.6 is 11.8 Å². The molecule has 2 aliphatic heterocycles. The van der Waals surface area contributed by atoms with Crippen LogP contribution in [0.3, 0.4) is 0 Å². The Labute approximate surface area is 146 Å². The predicted molar refractivity (Wildman–Crippen MR) is 100 cm³/mol. The molecule has 0 radical (unpaired) electrons. The predicted octanol–water partition coefficient (Wildman–Crippen LogP) is 1.74. The van der Waals surface area contributed by atoms with Gasteiger partial charge in [0.15, 0.2) is 5.96 Å². The molecule has 0 spiro atoms. The minimum atomic E-state index is 0.491. The summed E-state index contributed by atoms with van der Waals surface area (Å²) in [6.07, 6.45) is 0.